The molecule has 0 amide bonds. The van der Waals surface area contributed by atoms with Crippen molar-refractivity contribution in [3.63, 3.8) is 0 Å². The Labute approximate surface area is 99.0 Å². The van der Waals surface area contributed by atoms with E-state index in [1.165, 1.54) is 0 Å². The number of para-hydroxylation sites is 1. The van der Waals surface area contributed by atoms with Crippen molar-refractivity contribution in [3.05, 3.63) is 35.0 Å². The zero-order chi connectivity index (χ0) is 11.5. The summed E-state index contributed by atoms with van der Waals surface area (Å²) >= 11 is 6.01. The van der Waals surface area contributed by atoms with Crippen LogP contribution < -0.4 is 5.32 Å². The minimum atomic E-state index is -0.364. The van der Waals surface area contributed by atoms with Gasteiger partial charge in [-0.15, -0.1) is 0 Å². The lowest BCUT2D eigenvalue weighted by molar-refractivity contribution is 0.191. The molecule has 0 spiro atoms. The quantitative estimate of drug-likeness (QED) is 0.862. The molecule has 1 aromatic carbocycles. The maximum atomic E-state index is 9.14. The fraction of sp³-hybridized carbons (Fsp3) is 0.333. The molecule has 16 heavy (non-hydrogen) atoms. The molecule has 4 heteroatoms. The van der Waals surface area contributed by atoms with Crippen molar-refractivity contribution in [2.45, 2.75) is 19.6 Å². The van der Waals surface area contributed by atoms with E-state index in [0.717, 1.165) is 16.5 Å². The summed E-state index contributed by atoms with van der Waals surface area (Å²) in [6, 6.07) is 7.73. The van der Waals surface area contributed by atoms with Crippen LogP contribution in [0.2, 0.25) is 5.22 Å². The van der Waals surface area contributed by atoms with E-state index >= 15 is 0 Å². The molecular weight excluding hydrogens is 226 g/mol. The van der Waals surface area contributed by atoms with E-state index in [9.17, 15) is 0 Å². The third-order valence-electron chi connectivity index (χ3n) is 2.39. The largest absolute Gasteiger partial charge is 0.444 e. The lowest BCUT2D eigenvalue weighted by Gasteiger charge is -2.05. The first-order valence-electron chi connectivity index (χ1n) is 5.23. The normalized spacial score (nSPS) is 13.2. The first kappa shape index (κ1) is 11.5. The van der Waals surface area contributed by atoms with Gasteiger partial charge in [0, 0.05) is 24.0 Å². The van der Waals surface area contributed by atoms with Crippen LogP contribution in [0.3, 0.4) is 0 Å². The van der Waals surface area contributed by atoms with Gasteiger partial charge in [0.1, 0.15) is 5.58 Å². The van der Waals surface area contributed by atoms with Crippen LogP contribution in [0.25, 0.3) is 11.0 Å². The molecule has 2 rings (SSSR count). The number of rotatable bonds is 4. The molecule has 0 fully saturated rings. The van der Waals surface area contributed by atoms with Gasteiger partial charge < -0.3 is 14.8 Å². The summed E-state index contributed by atoms with van der Waals surface area (Å²) in [7, 11) is 0. The van der Waals surface area contributed by atoms with Crippen LogP contribution in [0.5, 0.6) is 0 Å². The molecule has 0 radical (unpaired) electrons. The van der Waals surface area contributed by atoms with Gasteiger partial charge >= 0.3 is 0 Å². The Balaban J connectivity index is 2.19. The van der Waals surface area contributed by atoms with Gasteiger partial charge in [0.2, 0.25) is 0 Å². The monoisotopic (exact) mass is 239 g/mol. The third kappa shape index (κ3) is 2.38. The van der Waals surface area contributed by atoms with Gasteiger partial charge in [-0.3, -0.25) is 0 Å². The highest BCUT2D eigenvalue weighted by molar-refractivity contribution is 6.30. The first-order valence-corrected chi connectivity index (χ1v) is 5.61. The Kier molecular flexibility index (Phi) is 3.49. The Morgan fingerprint density at radius 2 is 2.19 bits per heavy atom. The van der Waals surface area contributed by atoms with Gasteiger partial charge in [0.15, 0.2) is 5.22 Å². The van der Waals surface area contributed by atoms with E-state index in [4.69, 9.17) is 21.1 Å². The first-order chi connectivity index (χ1) is 7.68. The predicted octanol–water partition coefficient (Wildman–Crippen LogP) is 2.56. The molecule has 0 saturated heterocycles. The minimum Gasteiger partial charge on any atom is -0.444 e. The van der Waals surface area contributed by atoms with Crippen molar-refractivity contribution in [2.75, 3.05) is 6.54 Å². The number of hydrogen-bond donors (Lipinski definition) is 2. The van der Waals surface area contributed by atoms with Gasteiger partial charge in [0.05, 0.1) is 6.10 Å². The summed E-state index contributed by atoms with van der Waals surface area (Å²) in [6.45, 7) is 2.87. The molecule has 0 saturated carbocycles. The minimum absolute atomic E-state index is 0.364. The smallest absolute Gasteiger partial charge is 0.199 e. The van der Waals surface area contributed by atoms with Crippen LogP contribution >= 0.6 is 11.6 Å². The number of halogens is 1. The lowest BCUT2D eigenvalue weighted by atomic mass is 10.2. The fourth-order valence-electron chi connectivity index (χ4n) is 1.64. The summed E-state index contributed by atoms with van der Waals surface area (Å²) in [5.74, 6) is 0. The van der Waals surface area contributed by atoms with E-state index in [1.54, 1.807) is 6.92 Å². The van der Waals surface area contributed by atoms with Gasteiger partial charge in [-0.25, -0.2) is 0 Å². The molecule has 1 unspecified atom stereocenters. The van der Waals surface area contributed by atoms with Crippen molar-refractivity contribution in [2.24, 2.45) is 0 Å². The molecule has 1 aromatic heterocycles. The van der Waals surface area contributed by atoms with Crippen LogP contribution in [0.4, 0.5) is 0 Å². The SMILES string of the molecule is CC(O)CNCc1c(Cl)oc2ccccc12. The number of benzene rings is 1. The Bertz CT molecular complexity index is 479. The van der Waals surface area contributed by atoms with Crippen molar-refractivity contribution >= 4 is 22.6 Å². The van der Waals surface area contributed by atoms with Gasteiger partial charge in [-0.05, 0) is 24.6 Å². The highest BCUT2D eigenvalue weighted by atomic mass is 35.5. The van der Waals surface area contributed by atoms with Crippen molar-refractivity contribution in [1.82, 2.24) is 5.32 Å². The highest BCUT2D eigenvalue weighted by Crippen LogP contribution is 2.29. The average molecular weight is 240 g/mol. The number of aliphatic hydroxyl groups excluding tert-OH is 1. The third-order valence-corrected chi connectivity index (χ3v) is 2.70. The fourth-order valence-corrected chi connectivity index (χ4v) is 1.89. The lowest BCUT2D eigenvalue weighted by Crippen LogP contribution is -2.23. The molecule has 86 valence electrons. The molecule has 0 bridgehead atoms. The molecule has 3 nitrogen and oxygen atoms in total. The maximum Gasteiger partial charge on any atom is 0.199 e. The zero-order valence-electron chi connectivity index (χ0n) is 9.03. The van der Waals surface area contributed by atoms with Crippen LogP contribution in [0.15, 0.2) is 28.7 Å². The summed E-state index contributed by atoms with van der Waals surface area (Å²) in [6.07, 6.45) is -0.364. The standard InChI is InChI=1S/C12H14ClNO2/c1-8(15)6-14-7-10-9-4-2-3-5-11(9)16-12(10)13/h2-5,8,14-15H,6-7H2,1H3. The average Bonchev–Trinajstić information content (AvgIpc) is 2.55. The topological polar surface area (TPSA) is 45.4 Å². The molecule has 2 aromatic rings. The second-order valence-electron chi connectivity index (χ2n) is 3.83. The van der Waals surface area contributed by atoms with Crippen LogP contribution in [-0.4, -0.2) is 17.8 Å². The van der Waals surface area contributed by atoms with E-state index in [1.807, 2.05) is 24.3 Å². The van der Waals surface area contributed by atoms with Crippen LogP contribution in [0, 0.1) is 0 Å². The molecular formula is C12H14ClNO2. The number of aliphatic hydroxyl groups is 1. The van der Waals surface area contributed by atoms with Crippen molar-refractivity contribution in [1.29, 1.82) is 0 Å². The van der Waals surface area contributed by atoms with Gasteiger partial charge in [-0.2, -0.15) is 0 Å². The predicted molar refractivity (Wildman–Crippen MR) is 64.6 cm³/mol. The van der Waals surface area contributed by atoms with Crippen molar-refractivity contribution in [3.8, 4) is 0 Å². The van der Waals surface area contributed by atoms with E-state index in [2.05, 4.69) is 5.32 Å². The molecule has 0 aliphatic heterocycles. The molecule has 2 N–H and O–H groups in total. The van der Waals surface area contributed by atoms with E-state index in [-0.39, 0.29) is 6.10 Å². The number of nitrogens with one attached hydrogen (secondary N) is 1. The Hall–Kier alpha value is -1.03. The zero-order valence-corrected chi connectivity index (χ0v) is 9.79. The van der Waals surface area contributed by atoms with E-state index < -0.39 is 0 Å². The van der Waals surface area contributed by atoms with Crippen molar-refractivity contribution < 1.29 is 9.52 Å². The summed E-state index contributed by atoms with van der Waals surface area (Å²) in [5.41, 5.74) is 1.74. The van der Waals surface area contributed by atoms with Gasteiger partial charge in [0.25, 0.3) is 0 Å². The van der Waals surface area contributed by atoms with Crippen LogP contribution in [-0.2, 0) is 6.54 Å². The molecule has 1 heterocycles. The molecule has 1 atom stereocenters. The molecule has 0 aliphatic rings. The highest BCUT2D eigenvalue weighted by Gasteiger charge is 2.11. The number of furan rings is 1. The number of fused-ring (bicyclic) bond motifs is 1. The van der Waals surface area contributed by atoms with Crippen LogP contribution in [0.1, 0.15) is 12.5 Å². The summed E-state index contributed by atoms with van der Waals surface area (Å²) in [4.78, 5) is 0. The maximum absolute atomic E-state index is 9.14. The van der Waals surface area contributed by atoms with E-state index in [0.29, 0.717) is 18.3 Å². The summed E-state index contributed by atoms with van der Waals surface area (Å²) in [5, 5.41) is 13.7. The second kappa shape index (κ2) is 4.87. The van der Waals surface area contributed by atoms with Gasteiger partial charge in [-0.1, -0.05) is 18.2 Å². The summed E-state index contributed by atoms with van der Waals surface area (Å²) < 4.78 is 5.42. The number of hydrogen-bond acceptors (Lipinski definition) is 3. The Morgan fingerprint density at radius 3 is 2.94 bits per heavy atom. The Morgan fingerprint density at radius 1 is 1.44 bits per heavy atom. The second-order valence-corrected chi connectivity index (χ2v) is 4.17. The molecule has 0 aliphatic carbocycles.